The average Bonchev–Trinajstić information content (AvgIpc) is 2.50. The Morgan fingerprint density at radius 2 is 1.18 bits per heavy atom. The minimum atomic E-state index is -3.89. The number of rotatable bonds is 13. The van der Waals surface area contributed by atoms with Gasteiger partial charge in [-0.05, 0) is 0 Å². The number of carboxylic acids is 4. The maximum atomic E-state index is 11.3. The number of aldehydes is 1. The Balaban J connectivity index is 6.75. The average molecular weight is 412 g/mol. The Hall–Kier alpha value is -2.65. The fourth-order valence-electron chi connectivity index (χ4n) is 2.75. The zero-order valence-electron chi connectivity index (χ0n) is 14.1. The molecule has 0 aromatic heterocycles. The van der Waals surface area contributed by atoms with Crippen LogP contribution in [-0.4, -0.2) is 105 Å². The molecule has 14 heteroatoms. The highest BCUT2D eigenvalue weighted by Gasteiger charge is 2.67. The summed E-state index contributed by atoms with van der Waals surface area (Å²) in [7, 11) is 0. The molecule has 0 fully saturated rings. The van der Waals surface area contributed by atoms with E-state index in [0.717, 1.165) is 0 Å². The van der Waals surface area contributed by atoms with Gasteiger partial charge in [-0.25, -0.2) is 0 Å². The molecular weight excluding hydrogens is 392 g/mol. The van der Waals surface area contributed by atoms with Crippen molar-refractivity contribution in [3.05, 3.63) is 0 Å². The first-order valence-corrected chi connectivity index (χ1v) is 7.43. The van der Waals surface area contributed by atoms with Crippen molar-refractivity contribution in [1.29, 1.82) is 0 Å². The molecule has 5 atom stereocenters. The molecule has 0 rings (SSSR count). The molecule has 0 aliphatic carbocycles. The molecule has 0 heterocycles. The van der Waals surface area contributed by atoms with Gasteiger partial charge in [0, 0.05) is 0 Å². The van der Waals surface area contributed by atoms with Crippen LogP contribution in [0.1, 0.15) is 25.7 Å². The first-order valence-electron chi connectivity index (χ1n) is 7.43. The SMILES string of the molecule is O=C[C@@](O)(CC(=O)O)[C@](O)(CC(=O)O)[C@@](O)(CC(=O)O)[C@H](O)C(O)CC(=O)O. The Morgan fingerprint density at radius 3 is 1.50 bits per heavy atom. The van der Waals surface area contributed by atoms with Gasteiger partial charge in [-0.2, -0.15) is 0 Å². The zero-order valence-corrected chi connectivity index (χ0v) is 14.1. The highest BCUT2D eigenvalue weighted by molar-refractivity contribution is 5.81. The number of carbonyl (C=O) groups excluding carboxylic acids is 1. The fourth-order valence-corrected chi connectivity index (χ4v) is 2.75. The van der Waals surface area contributed by atoms with E-state index in [0.29, 0.717) is 0 Å². The van der Waals surface area contributed by atoms with Crippen molar-refractivity contribution >= 4 is 30.2 Å². The molecule has 0 aromatic carbocycles. The van der Waals surface area contributed by atoms with Crippen molar-refractivity contribution in [2.75, 3.05) is 0 Å². The van der Waals surface area contributed by atoms with Crippen LogP contribution < -0.4 is 0 Å². The molecular formula is C14H20O14. The van der Waals surface area contributed by atoms with Crippen LogP contribution in [0.3, 0.4) is 0 Å². The van der Waals surface area contributed by atoms with Gasteiger partial charge in [-0.15, -0.1) is 0 Å². The van der Waals surface area contributed by atoms with Crippen LogP contribution in [0.2, 0.25) is 0 Å². The minimum Gasteiger partial charge on any atom is -0.481 e. The number of aliphatic hydroxyl groups excluding tert-OH is 2. The number of aliphatic hydroxyl groups is 5. The second kappa shape index (κ2) is 9.03. The molecule has 9 N–H and O–H groups in total. The van der Waals surface area contributed by atoms with Crippen LogP contribution in [0.5, 0.6) is 0 Å². The predicted octanol–water partition coefficient (Wildman–Crippen LogP) is -4.00. The van der Waals surface area contributed by atoms with E-state index in [9.17, 15) is 49.5 Å². The summed E-state index contributed by atoms with van der Waals surface area (Å²) in [6.07, 6.45) is -12.9. The predicted molar refractivity (Wildman–Crippen MR) is 81.9 cm³/mol. The molecule has 0 aliphatic rings. The summed E-state index contributed by atoms with van der Waals surface area (Å²) in [4.78, 5) is 55.2. The molecule has 160 valence electrons. The second-order valence-electron chi connectivity index (χ2n) is 6.15. The van der Waals surface area contributed by atoms with Crippen molar-refractivity contribution in [2.24, 2.45) is 0 Å². The van der Waals surface area contributed by atoms with Crippen LogP contribution >= 0.6 is 0 Å². The summed E-state index contributed by atoms with van der Waals surface area (Å²) in [5.41, 5.74) is -11.3. The largest absolute Gasteiger partial charge is 0.481 e. The number of carboxylic acid groups (broad SMARTS) is 4. The van der Waals surface area contributed by atoms with Crippen molar-refractivity contribution in [1.82, 2.24) is 0 Å². The quantitative estimate of drug-likeness (QED) is 0.130. The third-order valence-electron chi connectivity index (χ3n) is 4.11. The lowest BCUT2D eigenvalue weighted by atomic mass is 9.63. The Kier molecular flexibility index (Phi) is 8.17. The van der Waals surface area contributed by atoms with Gasteiger partial charge in [0.2, 0.25) is 0 Å². The summed E-state index contributed by atoms with van der Waals surface area (Å²) in [6.45, 7) is 0. The molecule has 0 aliphatic heterocycles. The highest BCUT2D eigenvalue weighted by atomic mass is 16.4. The molecule has 28 heavy (non-hydrogen) atoms. The maximum Gasteiger partial charge on any atom is 0.306 e. The van der Waals surface area contributed by atoms with E-state index in [1.807, 2.05) is 0 Å². The second-order valence-corrected chi connectivity index (χ2v) is 6.15. The summed E-state index contributed by atoms with van der Waals surface area (Å²) in [6, 6.07) is 0. The van der Waals surface area contributed by atoms with Gasteiger partial charge in [0.1, 0.15) is 17.3 Å². The number of hydrogen-bond donors (Lipinski definition) is 9. The molecule has 0 spiro atoms. The van der Waals surface area contributed by atoms with Gasteiger partial charge >= 0.3 is 23.9 Å². The van der Waals surface area contributed by atoms with E-state index in [-0.39, 0.29) is 0 Å². The first kappa shape index (κ1) is 25.4. The fraction of sp³-hybridized carbons (Fsp3) is 0.643. The van der Waals surface area contributed by atoms with Gasteiger partial charge in [0.15, 0.2) is 11.9 Å². The lowest BCUT2D eigenvalue weighted by molar-refractivity contribution is -0.279. The molecule has 0 aromatic rings. The van der Waals surface area contributed by atoms with E-state index in [1.165, 1.54) is 0 Å². The molecule has 0 amide bonds. The first-order chi connectivity index (χ1) is 12.6. The molecule has 0 bridgehead atoms. The topological polar surface area (TPSA) is 267 Å². The normalized spacial score (nSPS) is 19.9. The summed E-state index contributed by atoms with van der Waals surface area (Å²) in [5.74, 6) is -7.87. The number of hydrogen-bond acceptors (Lipinski definition) is 10. The zero-order chi connectivity index (χ0) is 22.5. The Morgan fingerprint density at radius 1 is 0.750 bits per heavy atom. The van der Waals surface area contributed by atoms with Crippen molar-refractivity contribution < 1.29 is 69.9 Å². The number of carbonyl (C=O) groups is 5. The van der Waals surface area contributed by atoms with E-state index < -0.39 is 84.9 Å². The Labute approximate surface area is 155 Å². The standard InChI is InChI=1S/C14H20O14/c15-5-12(26,2-8(19)20)14(28,4-10(23)24)13(27,3-9(21)22)11(25)6(16)1-7(17)18/h5-6,11,16,25-28H,1-4H2,(H,17,18)(H,19,20)(H,21,22)(H,23,24)/t6?,11-,12+,13-,14-/m1/s1. The Bertz CT molecular complexity index is 646. The lowest BCUT2D eigenvalue weighted by Gasteiger charge is -2.51. The van der Waals surface area contributed by atoms with E-state index in [2.05, 4.69) is 0 Å². The van der Waals surface area contributed by atoms with Gasteiger partial charge < -0.3 is 46.0 Å². The van der Waals surface area contributed by atoms with Crippen LogP contribution in [0.25, 0.3) is 0 Å². The monoisotopic (exact) mass is 412 g/mol. The molecule has 0 radical (unpaired) electrons. The summed E-state index contributed by atoms with van der Waals surface area (Å²) < 4.78 is 0. The minimum absolute atomic E-state index is 0.673. The van der Waals surface area contributed by atoms with E-state index >= 15 is 0 Å². The van der Waals surface area contributed by atoms with Crippen LogP contribution in [0, 0.1) is 0 Å². The molecule has 14 nitrogen and oxygen atoms in total. The maximum absolute atomic E-state index is 11.3. The smallest absolute Gasteiger partial charge is 0.306 e. The van der Waals surface area contributed by atoms with Gasteiger partial charge in [-0.3, -0.25) is 24.0 Å². The van der Waals surface area contributed by atoms with Gasteiger partial charge in [-0.1, -0.05) is 0 Å². The van der Waals surface area contributed by atoms with E-state index in [1.54, 1.807) is 0 Å². The molecule has 0 saturated carbocycles. The lowest BCUT2D eigenvalue weighted by Crippen LogP contribution is -2.75. The number of aliphatic carboxylic acids is 4. The van der Waals surface area contributed by atoms with Crippen molar-refractivity contribution in [3.8, 4) is 0 Å². The molecule has 1 unspecified atom stereocenters. The van der Waals surface area contributed by atoms with Crippen molar-refractivity contribution in [3.63, 3.8) is 0 Å². The summed E-state index contributed by atoms with van der Waals surface area (Å²) >= 11 is 0. The van der Waals surface area contributed by atoms with E-state index in [4.69, 9.17) is 20.4 Å². The third-order valence-corrected chi connectivity index (χ3v) is 4.11. The van der Waals surface area contributed by atoms with Crippen LogP contribution in [0.4, 0.5) is 0 Å². The summed E-state index contributed by atoms with van der Waals surface area (Å²) in [5, 5.41) is 86.9. The molecule has 0 saturated heterocycles. The highest BCUT2D eigenvalue weighted by Crippen LogP contribution is 2.43. The van der Waals surface area contributed by atoms with Gasteiger partial charge in [0.05, 0.1) is 31.8 Å². The van der Waals surface area contributed by atoms with Crippen LogP contribution in [0.15, 0.2) is 0 Å². The van der Waals surface area contributed by atoms with Gasteiger partial charge in [0.25, 0.3) is 0 Å². The van der Waals surface area contributed by atoms with Crippen molar-refractivity contribution in [2.45, 2.75) is 54.7 Å². The van der Waals surface area contributed by atoms with Crippen LogP contribution in [-0.2, 0) is 24.0 Å². The third kappa shape index (κ3) is 5.20.